The van der Waals surface area contributed by atoms with Crippen molar-refractivity contribution in [2.75, 3.05) is 52.9 Å². The summed E-state index contributed by atoms with van der Waals surface area (Å²) in [4.78, 5) is 4.98. The van der Waals surface area contributed by atoms with Crippen LogP contribution in [0.2, 0.25) is 0 Å². The highest BCUT2D eigenvalue weighted by Gasteiger charge is 2.33. The zero-order chi connectivity index (χ0) is 15.3. The lowest BCUT2D eigenvalue weighted by molar-refractivity contribution is 0.128. The summed E-state index contributed by atoms with van der Waals surface area (Å²) in [5.74, 6) is 0. The smallest absolute Gasteiger partial charge is 0.292 e. The standard InChI is InChI=1S/C13H29N5O2S/c1-3-14-12-13-6-4-5-7-18(13)21(19,20)15-17-10-8-16(2)9-11-17/h13-15H,3-12H2,1-2H3. The van der Waals surface area contributed by atoms with Crippen LogP contribution >= 0.6 is 0 Å². The highest BCUT2D eigenvalue weighted by atomic mass is 32.2. The predicted molar refractivity (Wildman–Crippen MR) is 84.0 cm³/mol. The van der Waals surface area contributed by atoms with E-state index in [9.17, 15) is 8.42 Å². The first-order valence-corrected chi connectivity index (χ1v) is 9.40. The average Bonchev–Trinajstić information content (AvgIpc) is 2.47. The van der Waals surface area contributed by atoms with Crippen LogP contribution in [0.1, 0.15) is 26.2 Å². The molecule has 2 heterocycles. The van der Waals surface area contributed by atoms with Gasteiger partial charge in [0.25, 0.3) is 10.2 Å². The van der Waals surface area contributed by atoms with E-state index in [4.69, 9.17) is 0 Å². The Morgan fingerprint density at radius 2 is 1.81 bits per heavy atom. The van der Waals surface area contributed by atoms with Gasteiger partial charge >= 0.3 is 0 Å². The van der Waals surface area contributed by atoms with Gasteiger partial charge in [-0.2, -0.15) is 12.7 Å². The number of hydrazine groups is 1. The number of nitrogens with one attached hydrogen (secondary N) is 2. The minimum Gasteiger partial charge on any atom is -0.315 e. The molecule has 21 heavy (non-hydrogen) atoms. The Morgan fingerprint density at radius 3 is 2.48 bits per heavy atom. The van der Waals surface area contributed by atoms with E-state index >= 15 is 0 Å². The molecule has 0 amide bonds. The molecular formula is C13H29N5O2S. The van der Waals surface area contributed by atoms with Crippen LogP contribution in [0.25, 0.3) is 0 Å². The molecule has 2 aliphatic heterocycles. The Labute approximate surface area is 128 Å². The summed E-state index contributed by atoms with van der Waals surface area (Å²) in [6.45, 7) is 7.54. The molecular weight excluding hydrogens is 290 g/mol. The topological polar surface area (TPSA) is 67.9 Å². The molecule has 0 aliphatic carbocycles. The molecule has 8 heteroatoms. The van der Waals surface area contributed by atoms with Gasteiger partial charge in [-0.1, -0.05) is 13.3 Å². The van der Waals surface area contributed by atoms with Gasteiger partial charge in [-0.3, -0.25) is 0 Å². The summed E-state index contributed by atoms with van der Waals surface area (Å²) in [5, 5.41) is 5.10. The Morgan fingerprint density at radius 1 is 1.10 bits per heavy atom. The van der Waals surface area contributed by atoms with Gasteiger partial charge in [0.15, 0.2) is 0 Å². The molecule has 124 valence electrons. The minimum atomic E-state index is -3.43. The highest BCUT2D eigenvalue weighted by molar-refractivity contribution is 7.87. The molecule has 1 unspecified atom stereocenters. The Hall–Kier alpha value is -0.250. The van der Waals surface area contributed by atoms with Gasteiger partial charge in [-0.05, 0) is 26.4 Å². The maximum absolute atomic E-state index is 12.6. The van der Waals surface area contributed by atoms with Crippen molar-refractivity contribution in [2.45, 2.75) is 32.2 Å². The van der Waals surface area contributed by atoms with Gasteiger partial charge < -0.3 is 10.2 Å². The van der Waals surface area contributed by atoms with Crippen LogP contribution in [0.3, 0.4) is 0 Å². The summed E-state index contributed by atoms with van der Waals surface area (Å²) >= 11 is 0. The highest BCUT2D eigenvalue weighted by Crippen LogP contribution is 2.19. The monoisotopic (exact) mass is 319 g/mol. The van der Waals surface area contributed by atoms with Gasteiger partial charge in [-0.15, -0.1) is 4.83 Å². The van der Waals surface area contributed by atoms with Crippen molar-refractivity contribution in [2.24, 2.45) is 0 Å². The molecule has 0 bridgehead atoms. The molecule has 0 aromatic rings. The molecule has 0 aromatic carbocycles. The third-order valence-corrected chi connectivity index (χ3v) is 5.85. The molecule has 2 rings (SSSR count). The third-order valence-electron chi connectivity index (χ3n) is 4.26. The lowest BCUT2D eigenvalue weighted by Gasteiger charge is -2.38. The van der Waals surface area contributed by atoms with E-state index < -0.39 is 10.2 Å². The van der Waals surface area contributed by atoms with Crippen molar-refractivity contribution in [3.63, 3.8) is 0 Å². The molecule has 1 atom stereocenters. The first kappa shape index (κ1) is 17.1. The molecule has 2 N–H and O–H groups in total. The van der Waals surface area contributed by atoms with Gasteiger partial charge in [0.1, 0.15) is 0 Å². The largest absolute Gasteiger partial charge is 0.315 e. The fourth-order valence-corrected chi connectivity index (χ4v) is 4.47. The quantitative estimate of drug-likeness (QED) is 0.687. The van der Waals surface area contributed by atoms with E-state index in [1.54, 1.807) is 4.31 Å². The van der Waals surface area contributed by atoms with E-state index in [1.165, 1.54) is 0 Å². The number of piperidine rings is 1. The first-order valence-electron chi connectivity index (χ1n) is 7.96. The molecule has 2 aliphatic rings. The van der Waals surface area contributed by atoms with Crippen LogP contribution in [0, 0.1) is 0 Å². The molecule has 0 saturated carbocycles. The van der Waals surface area contributed by atoms with E-state index in [0.29, 0.717) is 6.54 Å². The zero-order valence-corrected chi connectivity index (χ0v) is 14.0. The number of likely N-dealkylation sites (N-methyl/N-ethyl adjacent to an activating group) is 2. The molecule has 0 radical (unpaired) electrons. The lowest BCUT2D eigenvalue weighted by Crippen LogP contribution is -2.59. The minimum absolute atomic E-state index is 0.0728. The van der Waals surface area contributed by atoms with E-state index in [1.807, 2.05) is 11.9 Å². The number of nitrogens with zero attached hydrogens (tertiary/aromatic N) is 3. The molecule has 0 aromatic heterocycles. The number of rotatable bonds is 6. The van der Waals surface area contributed by atoms with Gasteiger partial charge in [0.2, 0.25) is 0 Å². The van der Waals surface area contributed by atoms with E-state index in [0.717, 1.165) is 58.5 Å². The van der Waals surface area contributed by atoms with E-state index in [-0.39, 0.29) is 6.04 Å². The second kappa shape index (κ2) is 7.85. The van der Waals surface area contributed by atoms with E-state index in [2.05, 4.69) is 22.1 Å². The zero-order valence-electron chi connectivity index (χ0n) is 13.2. The third kappa shape index (κ3) is 4.87. The van der Waals surface area contributed by atoms with Crippen molar-refractivity contribution >= 4 is 10.2 Å². The van der Waals surface area contributed by atoms with Crippen LogP contribution in [0.15, 0.2) is 0 Å². The fraction of sp³-hybridized carbons (Fsp3) is 1.00. The second-order valence-electron chi connectivity index (χ2n) is 5.95. The number of hydrogen-bond donors (Lipinski definition) is 2. The molecule has 2 fully saturated rings. The number of piperazine rings is 1. The maximum atomic E-state index is 12.6. The van der Waals surface area contributed by atoms with Gasteiger partial charge in [0, 0.05) is 45.3 Å². The molecule has 0 spiro atoms. The van der Waals surface area contributed by atoms with Crippen LogP contribution in [0.4, 0.5) is 0 Å². The summed E-state index contributed by atoms with van der Waals surface area (Å²) in [7, 11) is -1.37. The van der Waals surface area contributed by atoms with Crippen LogP contribution in [-0.4, -0.2) is 81.5 Å². The molecule has 2 saturated heterocycles. The maximum Gasteiger partial charge on any atom is 0.292 e. The normalized spacial score (nSPS) is 27.0. The summed E-state index contributed by atoms with van der Waals surface area (Å²) in [5.41, 5.74) is 0. The van der Waals surface area contributed by atoms with Crippen LogP contribution < -0.4 is 10.1 Å². The Bertz CT molecular complexity index is 409. The number of hydrogen-bond acceptors (Lipinski definition) is 5. The SMILES string of the molecule is CCNCC1CCCCN1S(=O)(=O)NN1CCN(C)CC1. The summed E-state index contributed by atoms with van der Waals surface area (Å²) in [6, 6.07) is 0.0728. The predicted octanol–water partition coefficient (Wildman–Crippen LogP) is -0.553. The van der Waals surface area contributed by atoms with Crippen molar-refractivity contribution in [3.8, 4) is 0 Å². The van der Waals surface area contributed by atoms with Crippen LogP contribution in [0.5, 0.6) is 0 Å². The van der Waals surface area contributed by atoms with Gasteiger partial charge in [0.05, 0.1) is 0 Å². The average molecular weight is 319 g/mol. The van der Waals surface area contributed by atoms with Crippen LogP contribution in [-0.2, 0) is 10.2 Å². The fourth-order valence-electron chi connectivity index (χ4n) is 2.92. The van der Waals surface area contributed by atoms with Crippen molar-refractivity contribution < 1.29 is 8.42 Å². The lowest BCUT2D eigenvalue weighted by atomic mass is 10.1. The first-order chi connectivity index (χ1) is 10.0. The summed E-state index contributed by atoms with van der Waals surface area (Å²) < 4.78 is 26.9. The van der Waals surface area contributed by atoms with Crippen molar-refractivity contribution in [3.05, 3.63) is 0 Å². The molecule has 7 nitrogen and oxygen atoms in total. The van der Waals surface area contributed by atoms with Gasteiger partial charge in [-0.25, -0.2) is 5.01 Å². The van der Waals surface area contributed by atoms with Crippen molar-refractivity contribution in [1.82, 2.24) is 24.4 Å². The summed E-state index contributed by atoms with van der Waals surface area (Å²) in [6.07, 6.45) is 3.00. The second-order valence-corrected chi connectivity index (χ2v) is 7.56. The Balaban J connectivity index is 1.95. The van der Waals surface area contributed by atoms with Crippen molar-refractivity contribution in [1.29, 1.82) is 0 Å². The Kier molecular flexibility index (Phi) is 6.39.